The van der Waals surface area contributed by atoms with Gasteiger partial charge >= 0.3 is 0 Å². The second-order valence-corrected chi connectivity index (χ2v) is 4.41. The molecule has 1 heterocycles. The van der Waals surface area contributed by atoms with Crippen LogP contribution in [0.2, 0.25) is 0 Å². The first-order valence-corrected chi connectivity index (χ1v) is 5.89. The number of nitrogens with one attached hydrogen (secondary N) is 1. The van der Waals surface area contributed by atoms with Crippen LogP contribution in [0.25, 0.3) is 0 Å². The zero-order valence-corrected chi connectivity index (χ0v) is 9.58. The van der Waals surface area contributed by atoms with Crippen LogP contribution in [0.5, 0.6) is 5.75 Å². The monoisotopic (exact) mass is 223 g/mol. The number of ether oxygens (including phenoxy) is 1. The first-order chi connectivity index (χ1) is 7.77. The number of rotatable bonds is 2. The molecule has 1 N–H and O–H groups in total. The highest BCUT2D eigenvalue weighted by atomic mass is 19.1. The summed E-state index contributed by atoms with van der Waals surface area (Å²) in [6.07, 6.45) is 2.19. The van der Waals surface area contributed by atoms with Crippen LogP contribution in [-0.2, 0) is 0 Å². The fourth-order valence-corrected chi connectivity index (χ4v) is 2.05. The van der Waals surface area contributed by atoms with Gasteiger partial charge in [0.2, 0.25) is 0 Å². The van der Waals surface area contributed by atoms with Crippen LogP contribution >= 0.6 is 0 Å². The second kappa shape index (κ2) is 5.30. The van der Waals surface area contributed by atoms with Crippen molar-refractivity contribution in [3.05, 3.63) is 30.1 Å². The highest BCUT2D eigenvalue weighted by Gasteiger charge is 2.22. The first kappa shape index (κ1) is 11.4. The quantitative estimate of drug-likeness (QED) is 0.832. The summed E-state index contributed by atoms with van der Waals surface area (Å²) in [7, 11) is 0. The third-order valence-corrected chi connectivity index (χ3v) is 3.06. The lowest BCUT2D eigenvalue weighted by Gasteiger charge is -2.22. The van der Waals surface area contributed by atoms with Crippen LogP contribution in [0.3, 0.4) is 0 Å². The van der Waals surface area contributed by atoms with E-state index in [0.29, 0.717) is 11.7 Å². The Kier molecular flexibility index (Phi) is 3.78. The Morgan fingerprint density at radius 3 is 3.00 bits per heavy atom. The summed E-state index contributed by atoms with van der Waals surface area (Å²) in [6, 6.07) is 6.62. The Balaban J connectivity index is 2.05. The molecular formula is C13H18FNO. The Morgan fingerprint density at radius 1 is 1.38 bits per heavy atom. The van der Waals surface area contributed by atoms with Gasteiger partial charge in [-0.3, -0.25) is 0 Å². The van der Waals surface area contributed by atoms with Crippen LogP contribution in [0.15, 0.2) is 24.3 Å². The lowest BCUT2D eigenvalue weighted by molar-refractivity contribution is 0.135. The van der Waals surface area contributed by atoms with Crippen molar-refractivity contribution in [1.82, 2.24) is 5.32 Å². The summed E-state index contributed by atoms with van der Waals surface area (Å²) in [4.78, 5) is 0. The van der Waals surface area contributed by atoms with Crippen molar-refractivity contribution in [1.29, 1.82) is 0 Å². The van der Waals surface area contributed by atoms with Gasteiger partial charge in [0, 0.05) is 12.5 Å². The van der Waals surface area contributed by atoms with Gasteiger partial charge in [0.25, 0.3) is 0 Å². The van der Waals surface area contributed by atoms with E-state index in [-0.39, 0.29) is 11.9 Å². The van der Waals surface area contributed by atoms with E-state index in [0.717, 1.165) is 25.9 Å². The lowest BCUT2D eigenvalue weighted by Crippen LogP contribution is -2.29. The molecule has 1 aromatic carbocycles. The van der Waals surface area contributed by atoms with Crippen LogP contribution in [-0.4, -0.2) is 19.2 Å². The molecule has 2 atom stereocenters. The summed E-state index contributed by atoms with van der Waals surface area (Å²) in [5, 5.41) is 3.35. The molecule has 0 radical (unpaired) electrons. The van der Waals surface area contributed by atoms with Gasteiger partial charge < -0.3 is 10.1 Å². The summed E-state index contributed by atoms with van der Waals surface area (Å²) >= 11 is 0. The van der Waals surface area contributed by atoms with Gasteiger partial charge in [-0.1, -0.05) is 19.1 Å². The van der Waals surface area contributed by atoms with Crippen LogP contribution in [0.1, 0.15) is 19.8 Å². The number of para-hydroxylation sites is 1. The average molecular weight is 223 g/mol. The molecule has 0 bridgehead atoms. The molecule has 1 fully saturated rings. The van der Waals surface area contributed by atoms with E-state index >= 15 is 0 Å². The van der Waals surface area contributed by atoms with Crippen molar-refractivity contribution in [2.75, 3.05) is 13.1 Å². The maximum absolute atomic E-state index is 13.4. The Morgan fingerprint density at radius 2 is 2.19 bits per heavy atom. The van der Waals surface area contributed by atoms with Crippen LogP contribution in [0, 0.1) is 11.7 Å². The lowest BCUT2D eigenvalue weighted by atomic mass is 10.0. The smallest absolute Gasteiger partial charge is 0.165 e. The zero-order valence-electron chi connectivity index (χ0n) is 9.58. The largest absolute Gasteiger partial charge is 0.487 e. The molecule has 1 saturated heterocycles. The Labute approximate surface area is 95.8 Å². The van der Waals surface area contributed by atoms with E-state index in [1.54, 1.807) is 18.2 Å². The molecular weight excluding hydrogens is 205 g/mol. The normalized spacial score (nSPS) is 26.1. The molecule has 0 saturated carbocycles. The van der Waals surface area contributed by atoms with Gasteiger partial charge in [-0.25, -0.2) is 4.39 Å². The van der Waals surface area contributed by atoms with Crippen molar-refractivity contribution in [2.24, 2.45) is 5.92 Å². The third-order valence-electron chi connectivity index (χ3n) is 3.06. The van der Waals surface area contributed by atoms with Gasteiger partial charge in [-0.15, -0.1) is 0 Å². The fraction of sp³-hybridized carbons (Fsp3) is 0.538. The highest BCUT2D eigenvalue weighted by Crippen LogP contribution is 2.22. The van der Waals surface area contributed by atoms with E-state index in [4.69, 9.17) is 4.74 Å². The number of halogens is 1. The van der Waals surface area contributed by atoms with Crippen LogP contribution < -0.4 is 10.1 Å². The summed E-state index contributed by atoms with van der Waals surface area (Å²) in [6.45, 7) is 4.12. The highest BCUT2D eigenvalue weighted by molar-refractivity contribution is 5.24. The molecule has 16 heavy (non-hydrogen) atoms. The molecule has 1 aliphatic rings. The number of hydrogen-bond donors (Lipinski definition) is 1. The van der Waals surface area contributed by atoms with Crippen molar-refractivity contribution in [3.8, 4) is 5.75 Å². The minimum Gasteiger partial charge on any atom is -0.487 e. The van der Waals surface area contributed by atoms with Gasteiger partial charge in [0.15, 0.2) is 11.6 Å². The molecule has 1 aliphatic heterocycles. The molecule has 0 amide bonds. The molecule has 0 aromatic heterocycles. The van der Waals surface area contributed by atoms with E-state index < -0.39 is 0 Å². The molecule has 0 aliphatic carbocycles. The van der Waals surface area contributed by atoms with Crippen molar-refractivity contribution < 1.29 is 9.13 Å². The summed E-state index contributed by atoms with van der Waals surface area (Å²) < 4.78 is 19.2. The van der Waals surface area contributed by atoms with Gasteiger partial charge in [0.1, 0.15) is 6.10 Å². The SMILES string of the molecule is CC1CNCCCC1Oc1ccccc1F. The van der Waals surface area contributed by atoms with Crippen molar-refractivity contribution in [3.63, 3.8) is 0 Å². The molecule has 2 rings (SSSR count). The first-order valence-electron chi connectivity index (χ1n) is 5.89. The molecule has 2 nitrogen and oxygen atoms in total. The Hall–Kier alpha value is -1.09. The molecule has 2 unspecified atom stereocenters. The maximum atomic E-state index is 13.4. The van der Waals surface area contributed by atoms with E-state index in [9.17, 15) is 4.39 Å². The van der Waals surface area contributed by atoms with E-state index in [1.165, 1.54) is 6.07 Å². The van der Waals surface area contributed by atoms with Gasteiger partial charge in [-0.2, -0.15) is 0 Å². The number of hydrogen-bond acceptors (Lipinski definition) is 2. The number of benzene rings is 1. The maximum Gasteiger partial charge on any atom is 0.165 e. The van der Waals surface area contributed by atoms with Crippen LogP contribution in [0.4, 0.5) is 4.39 Å². The van der Waals surface area contributed by atoms with E-state index in [1.807, 2.05) is 0 Å². The Bertz CT molecular complexity index is 342. The molecule has 1 aromatic rings. The standard InChI is InChI=1S/C13H18FNO/c1-10-9-15-8-4-7-12(10)16-13-6-3-2-5-11(13)14/h2-3,5-6,10,12,15H,4,7-9H2,1H3. The van der Waals surface area contributed by atoms with E-state index in [2.05, 4.69) is 12.2 Å². The van der Waals surface area contributed by atoms with Gasteiger partial charge in [-0.05, 0) is 31.5 Å². The zero-order chi connectivity index (χ0) is 11.4. The third kappa shape index (κ3) is 2.73. The minimum atomic E-state index is -0.271. The average Bonchev–Trinajstić information content (AvgIpc) is 2.48. The second-order valence-electron chi connectivity index (χ2n) is 4.41. The molecule has 0 spiro atoms. The predicted molar refractivity (Wildman–Crippen MR) is 62.1 cm³/mol. The summed E-state index contributed by atoms with van der Waals surface area (Å²) in [5.41, 5.74) is 0. The topological polar surface area (TPSA) is 21.3 Å². The molecule has 88 valence electrons. The van der Waals surface area contributed by atoms with Crippen molar-refractivity contribution >= 4 is 0 Å². The fourth-order valence-electron chi connectivity index (χ4n) is 2.05. The summed E-state index contributed by atoms with van der Waals surface area (Å²) in [5.74, 6) is 0.523. The minimum absolute atomic E-state index is 0.117. The molecule has 3 heteroatoms. The predicted octanol–water partition coefficient (Wildman–Crippen LogP) is 2.59. The van der Waals surface area contributed by atoms with Crippen molar-refractivity contribution in [2.45, 2.75) is 25.9 Å². The van der Waals surface area contributed by atoms with Gasteiger partial charge in [0.05, 0.1) is 0 Å².